The van der Waals surface area contributed by atoms with Crippen molar-refractivity contribution in [3.63, 3.8) is 0 Å². The largest absolute Gasteiger partial charge is 0.316 e. The minimum Gasteiger partial charge on any atom is -0.316 e. The van der Waals surface area contributed by atoms with E-state index in [1.165, 1.54) is 19.3 Å². The Morgan fingerprint density at radius 3 is 1.00 bits per heavy atom. The van der Waals surface area contributed by atoms with Crippen molar-refractivity contribution in [1.82, 2.24) is 0 Å². The van der Waals surface area contributed by atoms with Crippen LogP contribution in [0.4, 0.5) is 0 Å². The molecule has 0 aliphatic rings. The minimum atomic E-state index is -0.116. The molecule has 0 aromatic rings. The maximum Gasteiger partial charge on any atom is 0.148 e. The average Bonchev–Trinajstić information content (AvgIpc) is 2.38. The molecule has 0 aliphatic heterocycles. The van der Waals surface area contributed by atoms with E-state index in [2.05, 4.69) is 41.5 Å². The van der Waals surface area contributed by atoms with Gasteiger partial charge in [0, 0.05) is 0 Å². The smallest absolute Gasteiger partial charge is 0.148 e. The summed E-state index contributed by atoms with van der Waals surface area (Å²) in [5.41, 5.74) is 10.1. The van der Waals surface area contributed by atoms with Crippen LogP contribution in [0.2, 0.25) is 17.5 Å². The summed E-state index contributed by atoms with van der Waals surface area (Å²) in [5, 5.41) is 0. The molecule has 0 aromatic heterocycles. The Balaban J connectivity index is 0. The molecule has 0 spiro atoms. The van der Waals surface area contributed by atoms with Gasteiger partial charge in [-0.25, -0.2) is 0 Å². The highest BCUT2D eigenvalue weighted by atomic mass is 14.8. The van der Waals surface area contributed by atoms with Gasteiger partial charge in [-0.3, -0.25) is 0 Å². The Bertz CT molecular complexity index is 150. The van der Waals surface area contributed by atoms with Crippen molar-refractivity contribution in [3.8, 4) is 0 Å². The zero-order chi connectivity index (χ0) is 14.7. The van der Waals surface area contributed by atoms with Gasteiger partial charge in [-0.05, 0) is 6.42 Å². The van der Waals surface area contributed by atoms with E-state index in [9.17, 15) is 0 Å². The molecule has 2 nitrogen and oxygen atoms in total. The second-order valence-corrected chi connectivity index (χ2v) is 5.81. The summed E-state index contributed by atoms with van der Waals surface area (Å²) in [7, 11) is 0. The Morgan fingerprint density at radius 1 is 0.667 bits per heavy atom. The normalized spacial score (nSPS) is 15.7. The fourth-order valence-corrected chi connectivity index (χ4v) is 2.50. The standard InChI is InChI=1S/C12H27B.C3H10N2/c1-7-10(4)13(11(5)8-2)12(6)9-3;1-2-3(4)5/h10-12H,7-9H2,1-6H3;3H,2,4-5H2,1H3. The summed E-state index contributed by atoms with van der Waals surface area (Å²) in [5.74, 6) is 2.68. The van der Waals surface area contributed by atoms with Gasteiger partial charge in [-0.2, -0.15) is 0 Å². The molecule has 0 bridgehead atoms. The average molecular weight is 256 g/mol. The van der Waals surface area contributed by atoms with Crippen LogP contribution in [0.3, 0.4) is 0 Å². The van der Waals surface area contributed by atoms with Crippen LogP contribution >= 0.6 is 0 Å². The number of hydrogen-bond acceptors (Lipinski definition) is 2. The van der Waals surface area contributed by atoms with Crippen LogP contribution in [-0.2, 0) is 0 Å². The first-order chi connectivity index (χ1) is 8.35. The highest BCUT2D eigenvalue weighted by Gasteiger charge is 2.29. The highest BCUT2D eigenvalue weighted by molar-refractivity contribution is 6.63. The second-order valence-electron chi connectivity index (χ2n) is 5.81. The molecule has 0 heterocycles. The summed E-state index contributed by atoms with van der Waals surface area (Å²) in [4.78, 5) is 0. The van der Waals surface area contributed by atoms with Crippen LogP contribution in [0, 0.1) is 0 Å². The molecular weight excluding hydrogens is 219 g/mol. The van der Waals surface area contributed by atoms with Crippen LogP contribution in [-0.4, -0.2) is 12.9 Å². The lowest BCUT2D eigenvalue weighted by atomic mass is 9.28. The van der Waals surface area contributed by atoms with Gasteiger partial charge in [0.2, 0.25) is 0 Å². The van der Waals surface area contributed by atoms with E-state index in [-0.39, 0.29) is 6.17 Å². The second kappa shape index (κ2) is 12.0. The van der Waals surface area contributed by atoms with Gasteiger partial charge < -0.3 is 11.5 Å². The van der Waals surface area contributed by atoms with E-state index >= 15 is 0 Å². The Hall–Kier alpha value is -0.0151. The third kappa shape index (κ3) is 8.99. The zero-order valence-electron chi connectivity index (χ0n) is 13.9. The van der Waals surface area contributed by atoms with Crippen LogP contribution in [0.25, 0.3) is 0 Å². The van der Waals surface area contributed by atoms with Gasteiger partial charge in [0.1, 0.15) is 6.71 Å². The minimum absolute atomic E-state index is 0.116. The first kappa shape index (κ1) is 20.3. The van der Waals surface area contributed by atoms with E-state index in [0.29, 0.717) is 0 Å². The maximum atomic E-state index is 5.07. The van der Waals surface area contributed by atoms with Gasteiger partial charge >= 0.3 is 0 Å². The topological polar surface area (TPSA) is 52.0 Å². The van der Waals surface area contributed by atoms with Crippen molar-refractivity contribution in [3.05, 3.63) is 0 Å². The first-order valence-electron chi connectivity index (χ1n) is 7.86. The molecule has 0 aromatic carbocycles. The third-order valence-corrected chi connectivity index (χ3v) is 4.37. The van der Waals surface area contributed by atoms with Crippen LogP contribution in [0.15, 0.2) is 0 Å². The Kier molecular flexibility index (Phi) is 13.6. The molecule has 3 unspecified atom stereocenters. The molecule has 0 radical (unpaired) electrons. The summed E-state index contributed by atoms with van der Waals surface area (Å²) in [6, 6.07) is 0. The van der Waals surface area contributed by atoms with E-state index in [4.69, 9.17) is 11.5 Å². The molecule has 110 valence electrons. The number of nitrogens with two attached hydrogens (primary N) is 2. The maximum absolute atomic E-state index is 5.07. The SMILES string of the molecule is CCC(C)B(C(C)CC)C(C)CC.CCC(N)N. The molecule has 0 amide bonds. The fraction of sp³-hybridized carbons (Fsp3) is 1.00. The van der Waals surface area contributed by atoms with Crippen molar-refractivity contribution >= 4 is 6.71 Å². The van der Waals surface area contributed by atoms with Crippen molar-refractivity contribution in [2.24, 2.45) is 11.5 Å². The van der Waals surface area contributed by atoms with Crippen molar-refractivity contribution in [1.29, 1.82) is 0 Å². The highest BCUT2D eigenvalue weighted by Crippen LogP contribution is 2.35. The van der Waals surface area contributed by atoms with Gasteiger partial charge in [-0.15, -0.1) is 0 Å². The van der Waals surface area contributed by atoms with Crippen LogP contribution in [0.5, 0.6) is 0 Å². The molecule has 4 N–H and O–H groups in total. The van der Waals surface area contributed by atoms with Crippen LogP contribution < -0.4 is 11.5 Å². The van der Waals surface area contributed by atoms with Gasteiger partial charge in [-0.1, -0.05) is 85.2 Å². The summed E-state index contributed by atoms with van der Waals surface area (Å²) < 4.78 is 0. The van der Waals surface area contributed by atoms with E-state index < -0.39 is 0 Å². The Labute approximate surface area is 116 Å². The summed E-state index contributed by atoms with van der Waals surface area (Å²) in [6.07, 6.45) is 4.74. The summed E-state index contributed by atoms with van der Waals surface area (Å²) in [6.45, 7) is 17.1. The molecule has 0 saturated heterocycles. The van der Waals surface area contributed by atoms with Gasteiger partial charge in [0.05, 0.1) is 6.17 Å². The summed E-state index contributed by atoms with van der Waals surface area (Å²) >= 11 is 0. The lowest BCUT2D eigenvalue weighted by Crippen LogP contribution is -2.28. The fourth-order valence-electron chi connectivity index (χ4n) is 2.50. The lowest BCUT2D eigenvalue weighted by molar-refractivity contribution is 0.682. The quantitative estimate of drug-likeness (QED) is 0.519. The molecule has 0 fully saturated rings. The molecule has 0 aliphatic carbocycles. The lowest BCUT2D eigenvalue weighted by Gasteiger charge is -2.30. The molecular formula is C15H37BN2. The van der Waals surface area contributed by atoms with Gasteiger partial charge in [0.25, 0.3) is 0 Å². The van der Waals surface area contributed by atoms with Crippen LogP contribution in [0.1, 0.15) is 74.1 Å². The number of hydrogen-bond donors (Lipinski definition) is 2. The predicted octanol–water partition coefficient (Wildman–Crippen LogP) is 4.52. The van der Waals surface area contributed by atoms with Crippen molar-refractivity contribution < 1.29 is 0 Å². The monoisotopic (exact) mass is 256 g/mol. The van der Waals surface area contributed by atoms with Crippen molar-refractivity contribution in [2.75, 3.05) is 0 Å². The molecule has 18 heavy (non-hydrogen) atoms. The molecule has 3 heteroatoms. The Morgan fingerprint density at radius 2 is 0.889 bits per heavy atom. The van der Waals surface area contributed by atoms with Gasteiger partial charge in [0.15, 0.2) is 0 Å². The van der Waals surface area contributed by atoms with Crippen molar-refractivity contribution in [2.45, 2.75) is 97.8 Å². The number of rotatable bonds is 7. The van der Waals surface area contributed by atoms with E-state index in [1.807, 2.05) is 6.92 Å². The molecule has 0 rings (SSSR count). The van der Waals surface area contributed by atoms with E-state index in [1.54, 1.807) is 0 Å². The first-order valence-corrected chi connectivity index (χ1v) is 7.86. The predicted molar refractivity (Wildman–Crippen MR) is 87.4 cm³/mol. The van der Waals surface area contributed by atoms with E-state index in [0.717, 1.165) is 30.6 Å². The molecule has 0 saturated carbocycles. The third-order valence-electron chi connectivity index (χ3n) is 4.37. The zero-order valence-corrected chi connectivity index (χ0v) is 13.9. The molecule has 3 atom stereocenters.